The first-order valence-electron chi connectivity index (χ1n) is 8.86. The summed E-state index contributed by atoms with van der Waals surface area (Å²) >= 11 is 0. The van der Waals surface area contributed by atoms with Crippen molar-refractivity contribution in [2.75, 3.05) is 7.11 Å². The highest BCUT2D eigenvalue weighted by Crippen LogP contribution is 2.66. The maximum atomic E-state index is 5.23. The van der Waals surface area contributed by atoms with Gasteiger partial charge >= 0.3 is 0 Å². The lowest BCUT2D eigenvalue weighted by Crippen LogP contribution is -2.32. The van der Waals surface area contributed by atoms with E-state index in [0.717, 1.165) is 22.7 Å². The zero-order valence-corrected chi connectivity index (χ0v) is 15.1. The fourth-order valence-electron chi connectivity index (χ4n) is 4.77. The van der Waals surface area contributed by atoms with Gasteiger partial charge in [0, 0.05) is 16.9 Å². The average molecular weight is 334 g/mol. The van der Waals surface area contributed by atoms with Crippen molar-refractivity contribution in [3.8, 4) is 17.0 Å². The molecule has 2 unspecified atom stereocenters. The van der Waals surface area contributed by atoms with Crippen molar-refractivity contribution in [1.82, 2.24) is 19.6 Å². The number of hydrogen-bond acceptors (Lipinski definition) is 4. The molecule has 0 spiro atoms. The molecule has 2 heterocycles. The molecule has 0 saturated heterocycles. The molecule has 2 atom stereocenters. The molecule has 1 fully saturated rings. The minimum absolute atomic E-state index is 0.110. The number of imidazole rings is 1. The van der Waals surface area contributed by atoms with Crippen LogP contribution in [0.3, 0.4) is 0 Å². The molecule has 1 saturated carbocycles. The Morgan fingerprint density at radius 1 is 1.12 bits per heavy atom. The van der Waals surface area contributed by atoms with E-state index in [1.54, 1.807) is 7.11 Å². The van der Waals surface area contributed by atoms with Gasteiger partial charge < -0.3 is 4.74 Å². The summed E-state index contributed by atoms with van der Waals surface area (Å²) in [6.07, 6.45) is 4.37. The van der Waals surface area contributed by atoms with Gasteiger partial charge in [-0.1, -0.05) is 20.8 Å². The van der Waals surface area contributed by atoms with E-state index in [-0.39, 0.29) is 10.8 Å². The molecule has 128 valence electrons. The second-order valence-electron chi connectivity index (χ2n) is 8.09. The van der Waals surface area contributed by atoms with Crippen LogP contribution in [0.4, 0.5) is 0 Å². The van der Waals surface area contributed by atoms with E-state index >= 15 is 0 Å². The summed E-state index contributed by atoms with van der Waals surface area (Å²) in [5.74, 6) is 2.03. The summed E-state index contributed by atoms with van der Waals surface area (Å²) in [5.41, 5.74) is 4.59. The maximum Gasteiger partial charge on any atom is 0.251 e. The van der Waals surface area contributed by atoms with E-state index in [4.69, 9.17) is 19.8 Å². The van der Waals surface area contributed by atoms with Crippen molar-refractivity contribution < 1.29 is 4.74 Å². The smallest absolute Gasteiger partial charge is 0.251 e. The van der Waals surface area contributed by atoms with Crippen LogP contribution < -0.4 is 4.74 Å². The van der Waals surface area contributed by atoms with E-state index in [2.05, 4.69) is 20.8 Å². The summed E-state index contributed by atoms with van der Waals surface area (Å²) < 4.78 is 7.08. The lowest BCUT2D eigenvalue weighted by atomic mass is 9.70. The number of hydrogen-bond donors (Lipinski definition) is 0. The summed E-state index contributed by atoms with van der Waals surface area (Å²) in [6, 6.07) is 7.93. The maximum absolute atomic E-state index is 5.23. The van der Waals surface area contributed by atoms with Crippen LogP contribution in [0.1, 0.15) is 50.9 Å². The number of methoxy groups -OCH3 is 1. The number of ether oxygens (including phenoxy) is 1. The summed E-state index contributed by atoms with van der Waals surface area (Å²) in [7, 11) is 1.67. The normalized spacial score (nSPS) is 26.2. The summed E-state index contributed by atoms with van der Waals surface area (Å²) in [5, 5.41) is 4.95. The van der Waals surface area contributed by atoms with Crippen molar-refractivity contribution in [1.29, 1.82) is 0 Å². The van der Waals surface area contributed by atoms with Crippen LogP contribution >= 0.6 is 0 Å². The van der Waals surface area contributed by atoms with Gasteiger partial charge in [-0.15, -0.1) is 0 Å². The highest BCUT2D eigenvalue weighted by Gasteiger charge is 2.61. The third-order valence-corrected chi connectivity index (χ3v) is 6.81. The van der Waals surface area contributed by atoms with Gasteiger partial charge in [-0.05, 0) is 42.5 Å². The molecule has 5 nitrogen and oxygen atoms in total. The molecule has 5 rings (SSSR count). The molecule has 0 N–H and O–H groups in total. The van der Waals surface area contributed by atoms with E-state index in [1.165, 1.54) is 18.5 Å². The van der Waals surface area contributed by atoms with E-state index in [9.17, 15) is 0 Å². The molecular weight excluding hydrogens is 312 g/mol. The topological polar surface area (TPSA) is 52.3 Å². The van der Waals surface area contributed by atoms with Gasteiger partial charge in [0.25, 0.3) is 5.78 Å². The third kappa shape index (κ3) is 1.76. The quantitative estimate of drug-likeness (QED) is 0.711. The Bertz CT molecular complexity index is 989. The first kappa shape index (κ1) is 14.9. The molecule has 2 aliphatic rings. The second kappa shape index (κ2) is 4.59. The van der Waals surface area contributed by atoms with Crippen LogP contribution in [-0.4, -0.2) is 26.7 Å². The Morgan fingerprint density at radius 2 is 1.88 bits per heavy atom. The molecule has 1 aromatic carbocycles. The van der Waals surface area contributed by atoms with Crippen molar-refractivity contribution in [2.24, 2.45) is 5.41 Å². The summed E-state index contributed by atoms with van der Waals surface area (Å²) in [4.78, 5) is 9.64. The minimum Gasteiger partial charge on any atom is -0.497 e. The zero-order chi connectivity index (χ0) is 17.4. The first-order valence-corrected chi connectivity index (χ1v) is 8.86. The number of fused-ring (bicyclic) bond motifs is 6. The molecule has 2 aromatic heterocycles. The fourth-order valence-corrected chi connectivity index (χ4v) is 4.77. The van der Waals surface area contributed by atoms with Crippen molar-refractivity contribution in [3.63, 3.8) is 0 Å². The van der Waals surface area contributed by atoms with Gasteiger partial charge in [0.15, 0.2) is 0 Å². The Kier molecular flexibility index (Phi) is 2.73. The molecular formula is C20H22N4O. The minimum atomic E-state index is 0.110. The lowest BCUT2D eigenvalue weighted by molar-refractivity contribution is 0.226. The zero-order valence-electron chi connectivity index (χ0n) is 15.1. The molecule has 2 bridgehead atoms. The van der Waals surface area contributed by atoms with Gasteiger partial charge in [-0.25, -0.2) is 14.5 Å². The Morgan fingerprint density at radius 3 is 2.60 bits per heavy atom. The SMILES string of the molecule is COc1ccc(-c2cn3nc4c(nc3n2)C2CCC4(C)C2(C)C)cc1. The van der Waals surface area contributed by atoms with Crippen LogP contribution in [0.15, 0.2) is 30.5 Å². The van der Waals surface area contributed by atoms with Gasteiger partial charge in [0.05, 0.1) is 30.4 Å². The standard InChI is InChI=1S/C20H22N4O/c1-19(2)14-9-10-20(19,3)17-16(14)22-18-21-15(11-24(18)23-17)12-5-7-13(25-4)8-6-12/h5-8,11,14H,9-10H2,1-4H3. The van der Waals surface area contributed by atoms with Crippen LogP contribution in [0.25, 0.3) is 17.0 Å². The number of aromatic nitrogens is 4. The second-order valence-corrected chi connectivity index (χ2v) is 8.09. The van der Waals surface area contributed by atoms with Gasteiger partial charge in [0.1, 0.15) is 5.75 Å². The largest absolute Gasteiger partial charge is 0.497 e. The van der Waals surface area contributed by atoms with Crippen molar-refractivity contribution >= 4 is 5.78 Å². The number of rotatable bonds is 2. The Hall–Kier alpha value is -2.43. The van der Waals surface area contributed by atoms with Gasteiger partial charge in [-0.3, -0.25) is 0 Å². The molecule has 0 aliphatic heterocycles. The van der Waals surface area contributed by atoms with Gasteiger partial charge in [0.2, 0.25) is 0 Å². The molecule has 3 aromatic rings. The average Bonchev–Trinajstić information content (AvgIpc) is 3.17. The molecule has 2 aliphatic carbocycles. The van der Waals surface area contributed by atoms with Crippen molar-refractivity contribution in [2.45, 2.75) is 44.9 Å². The number of nitrogens with zero attached hydrogens (tertiary/aromatic N) is 4. The first-order chi connectivity index (χ1) is 11.9. The Balaban J connectivity index is 1.64. The van der Waals surface area contributed by atoms with Crippen LogP contribution in [-0.2, 0) is 5.41 Å². The fraction of sp³-hybridized carbons (Fsp3) is 0.450. The molecule has 0 radical (unpaired) electrons. The molecule has 5 heteroatoms. The Labute approximate surface area is 147 Å². The predicted octanol–water partition coefficient (Wildman–Crippen LogP) is 3.97. The van der Waals surface area contributed by atoms with E-state index < -0.39 is 0 Å². The van der Waals surface area contributed by atoms with Crippen LogP contribution in [0.5, 0.6) is 5.75 Å². The number of benzene rings is 1. The van der Waals surface area contributed by atoms with Gasteiger partial charge in [-0.2, -0.15) is 5.10 Å². The van der Waals surface area contributed by atoms with Crippen LogP contribution in [0.2, 0.25) is 0 Å². The van der Waals surface area contributed by atoms with E-state index in [1.807, 2.05) is 35.0 Å². The monoisotopic (exact) mass is 334 g/mol. The molecule has 25 heavy (non-hydrogen) atoms. The third-order valence-electron chi connectivity index (χ3n) is 6.81. The molecule has 0 amide bonds. The van der Waals surface area contributed by atoms with Crippen LogP contribution in [0, 0.1) is 5.41 Å². The van der Waals surface area contributed by atoms with E-state index in [0.29, 0.717) is 11.7 Å². The summed E-state index contributed by atoms with van der Waals surface area (Å²) in [6.45, 7) is 7.07. The highest BCUT2D eigenvalue weighted by atomic mass is 16.5. The predicted molar refractivity (Wildman–Crippen MR) is 95.9 cm³/mol. The van der Waals surface area contributed by atoms with Crippen molar-refractivity contribution in [3.05, 3.63) is 41.9 Å². The lowest BCUT2D eigenvalue weighted by Gasteiger charge is -2.33. The highest BCUT2D eigenvalue weighted by molar-refractivity contribution is 5.62.